The zero-order chi connectivity index (χ0) is 18.1. The van der Waals surface area contributed by atoms with Crippen LogP contribution in [0.15, 0.2) is 23.2 Å². The van der Waals surface area contributed by atoms with Crippen LogP contribution in [0.2, 0.25) is 0 Å². The van der Waals surface area contributed by atoms with Crippen molar-refractivity contribution in [1.82, 2.24) is 16.0 Å². The third-order valence-electron chi connectivity index (χ3n) is 3.72. The van der Waals surface area contributed by atoms with Gasteiger partial charge in [-0.2, -0.15) is 0 Å². The van der Waals surface area contributed by atoms with Gasteiger partial charge in [0.1, 0.15) is 0 Å². The van der Waals surface area contributed by atoms with Gasteiger partial charge in [-0.1, -0.05) is 6.07 Å². The molecule has 26 heavy (non-hydrogen) atoms. The topological polar surface area (TPSA) is 74.8 Å². The van der Waals surface area contributed by atoms with Crippen LogP contribution in [-0.4, -0.2) is 38.1 Å². The van der Waals surface area contributed by atoms with Crippen molar-refractivity contribution < 1.29 is 13.9 Å². The number of guanidine groups is 1. The fourth-order valence-corrected chi connectivity index (χ4v) is 2.28. The van der Waals surface area contributed by atoms with E-state index in [1.807, 2.05) is 13.8 Å². The van der Waals surface area contributed by atoms with Crippen LogP contribution in [0.1, 0.15) is 32.3 Å². The summed E-state index contributed by atoms with van der Waals surface area (Å²) in [5.41, 5.74) is 0.764. The third-order valence-corrected chi connectivity index (χ3v) is 3.72. The lowest BCUT2D eigenvalue weighted by molar-refractivity contribution is -0.122. The Morgan fingerprint density at radius 2 is 1.96 bits per heavy atom. The summed E-state index contributed by atoms with van der Waals surface area (Å²) >= 11 is 0. The van der Waals surface area contributed by atoms with Gasteiger partial charge < -0.3 is 20.7 Å². The summed E-state index contributed by atoms with van der Waals surface area (Å²) in [6, 6.07) is 4.86. The van der Waals surface area contributed by atoms with Crippen LogP contribution in [0.3, 0.4) is 0 Å². The Hall–Kier alpha value is -1.58. The van der Waals surface area contributed by atoms with Crippen LogP contribution in [0.25, 0.3) is 0 Å². The Morgan fingerprint density at radius 3 is 2.58 bits per heavy atom. The molecule has 0 aromatic heterocycles. The van der Waals surface area contributed by atoms with Crippen LogP contribution in [0.4, 0.5) is 4.39 Å². The molecular formula is C18H28FIN4O2. The van der Waals surface area contributed by atoms with E-state index in [0.29, 0.717) is 32.2 Å². The zero-order valence-corrected chi connectivity index (χ0v) is 17.6. The van der Waals surface area contributed by atoms with Crippen LogP contribution in [0.5, 0.6) is 5.75 Å². The summed E-state index contributed by atoms with van der Waals surface area (Å²) in [5.74, 6) is 0.865. The first-order valence-corrected chi connectivity index (χ1v) is 8.85. The van der Waals surface area contributed by atoms with Crippen molar-refractivity contribution in [2.75, 3.05) is 26.2 Å². The number of halogens is 2. The molecule has 1 aliphatic rings. The minimum absolute atomic E-state index is 0. The van der Waals surface area contributed by atoms with E-state index < -0.39 is 0 Å². The summed E-state index contributed by atoms with van der Waals surface area (Å²) in [7, 11) is 0. The van der Waals surface area contributed by atoms with Gasteiger partial charge in [-0.05, 0) is 44.4 Å². The van der Waals surface area contributed by atoms with Gasteiger partial charge in [0.25, 0.3) is 0 Å². The molecule has 1 saturated carbocycles. The number of benzene rings is 1. The number of ether oxygens (including phenoxy) is 1. The average Bonchev–Trinajstić information content (AvgIpc) is 3.43. The molecule has 3 N–H and O–H groups in total. The zero-order valence-electron chi connectivity index (χ0n) is 15.3. The van der Waals surface area contributed by atoms with E-state index in [0.717, 1.165) is 24.9 Å². The minimum Gasteiger partial charge on any atom is -0.491 e. The van der Waals surface area contributed by atoms with Gasteiger partial charge in [-0.25, -0.2) is 9.38 Å². The number of hydrogen-bond acceptors (Lipinski definition) is 3. The number of hydrogen-bond donors (Lipinski definition) is 3. The van der Waals surface area contributed by atoms with E-state index in [-0.39, 0.29) is 47.4 Å². The number of carbonyl (C=O) groups is 1. The van der Waals surface area contributed by atoms with E-state index in [2.05, 4.69) is 20.9 Å². The largest absolute Gasteiger partial charge is 0.491 e. The highest BCUT2D eigenvalue weighted by Gasteiger charge is 2.28. The molecule has 2 rings (SSSR count). The highest BCUT2D eigenvalue weighted by atomic mass is 127. The molecule has 6 nitrogen and oxygen atoms in total. The molecule has 146 valence electrons. The maximum Gasteiger partial charge on any atom is 0.223 e. The molecule has 1 aromatic carbocycles. The molecule has 0 atom stereocenters. The highest BCUT2D eigenvalue weighted by molar-refractivity contribution is 14.0. The fourth-order valence-electron chi connectivity index (χ4n) is 2.28. The average molecular weight is 478 g/mol. The smallest absolute Gasteiger partial charge is 0.223 e. The molecule has 1 fully saturated rings. The fraction of sp³-hybridized carbons (Fsp3) is 0.556. The van der Waals surface area contributed by atoms with Crippen molar-refractivity contribution in [1.29, 1.82) is 0 Å². The molecule has 0 aliphatic heterocycles. The van der Waals surface area contributed by atoms with E-state index >= 15 is 0 Å². The molecule has 0 bridgehead atoms. The second kappa shape index (κ2) is 11.9. The van der Waals surface area contributed by atoms with E-state index in [1.54, 1.807) is 12.1 Å². The summed E-state index contributed by atoms with van der Waals surface area (Å²) in [6.07, 6.45) is 2.00. The molecule has 0 unspecified atom stereocenters. The second-order valence-corrected chi connectivity index (χ2v) is 5.89. The summed E-state index contributed by atoms with van der Waals surface area (Å²) in [6.45, 7) is 6.44. The number of nitrogens with zero attached hydrogens (tertiary/aromatic N) is 1. The maximum atomic E-state index is 13.9. The monoisotopic (exact) mass is 478 g/mol. The van der Waals surface area contributed by atoms with Gasteiger partial charge in [0, 0.05) is 25.6 Å². The van der Waals surface area contributed by atoms with E-state index in [1.165, 1.54) is 6.07 Å². The third kappa shape index (κ3) is 7.76. The summed E-state index contributed by atoms with van der Waals surface area (Å²) < 4.78 is 19.1. The molecule has 1 amide bonds. The van der Waals surface area contributed by atoms with Crippen molar-refractivity contribution in [3.05, 3.63) is 29.6 Å². The Balaban J connectivity index is 0.00000338. The minimum atomic E-state index is -0.379. The number of amides is 1. The predicted molar refractivity (Wildman–Crippen MR) is 112 cm³/mol. The molecule has 0 radical (unpaired) electrons. The lowest BCUT2D eigenvalue weighted by Crippen LogP contribution is -2.41. The SMILES string of the molecule is CCNC(=NCc1ccc(OCC)c(F)c1)NCCNC(=O)C1CC1.I. The van der Waals surface area contributed by atoms with Gasteiger partial charge in [0.2, 0.25) is 5.91 Å². The van der Waals surface area contributed by atoms with E-state index in [9.17, 15) is 9.18 Å². The van der Waals surface area contributed by atoms with Crippen LogP contribution < -0.4 is 20.7 Å². The number of rotatable bonds is 9. The highest BCUT2D eigenvalue weighted by Crippen LogP contribution is 2.28. The van der Waals surface area contributed by atoms with Gasteiger partial charge in [-0.15, -0.1) is 24.0 Å². The number of carbonyl (C=O) groups excluding carboxylic acids is 1. The quantitative estimate of drug-likeness (QED) is 0.221. The predicted octanol–water partition coefficient (Wildman–Crippen LogP) is 2.42. The second-order valence-electron chi connectivity index (χ2n) is 5.89. The molecule has 0 spiro atoms. The van der Waals surface area contributed by atoms with Crippen molar-refractivity contribution in [3.63, 3.8) is 0 Å². The summed E-state index contributed by atoms with van der Waals surface area (Å²) in [4.78, 5) is 16.0. The first-order valence-electron chi connectivity index (χ1n) is 8.85. The van der Waals surface area contributed by atoms with Gasteiger partial charge >= 0.3 is 0 Å². The van der Waals surface area contributed by atoms with Gasteiger partial charge in [0.05, 0.1) is 13.2 Å². The number of aliphatic imine (C=N–C) groups is 1. The van der Waals surface area contributed by atoms with E-state index in [4.69, 9.17) is 4.74 Å². The molecular weight excluding hydrogens is 450 g/mol. The first-order chi connectivity index (χ1) is 12.1. The number of nitrogens with one attached hydrogen (secondary N) is 3. The molecule has 1 aromatic rings. The first kappa shape index (κ1) is 22.5. The van der Waals surface area contributed by atoms with Crippen LogP contribution in [-0.2, 0) is 11.3 Å². The van der Waals surface area contributed by atoms with Crippen molar-refractivity contribution in [2.24, 2.45) is 10.9 Å². The molecule has 0 saturated heterocycles. The van der Waals surface area contributed by atoms with Crippen molar-refractivity contribution >= 4 is 35.8 Å². The molecule has 1 aliphatic carbocycles. The Kier molecular flexibility index (Phi) is 10.3. The van der Waals surface area contributed by atoms with Gasteiger partial charge in [-0.3, -0.25) is 4.79 Å². The summed E-state index contributed by atoms with van der Waals surface area (Å²) in [5, 5.41) is 9.18. The van der Waals surface area contributed by atoms with Crippen LogP contribution in [0, 0.1) is 11.7 Å². The normalized spacial score (nSPS) is 13.6. The maximum absolute atomic E-state index is 13.9. The Morgan fingerprint density at radius 1 is 1.23 bits per heavy atom. The van der Waals surface area contributed by atoms with Crippen LogP contribution >= 0.6 is 24.0 Å². The van der Waals surface area contributed by atoms with Gasteiger partial charge in [0.15, 0.2) is 17.5 Å². The molecule has 8 heteroatoms. The lowest BCUT2D eigenvalue weighted by Gasteiger charge is -2.12. The van der Waals surface area contributed by atoms with Crippen molar-refractivity contribution in [2.45, 2.75) is 33.2 Å². The molecule has 0 heterocycles. The van der Waals surface area contributed by atoms with Crippen molar-refractivity contribution in [3.8, 4) is 5.75 Å². The standard InChI is InChI=1S/C18H27FN4O2.HI/c1-3-20-18(22-10-9-21-17(24)14-6-7-14)23-12-13-5-8-16(25-4-2)15(19)11-13;/h5,8,11,14H,3-4,6-7,9-10,12H2,1-2H3,(H,21,24)(H2,20,22,23);1H. The lowest BCUT2D eigenvalue weighted by atomic mass is 10.2. The Labute approximate surface area is 171 Å². The Bertz CT molecular complexity index is 609.